The number of halogens is 1. The molecule has 0 atom stereocenters. The third-order valence-corrected chi connectivity index (χ3v) is 3.77. The van der Waals surface area contributed by atoms with Crippen LogP contribution in [0.1, 0.15) is 10.4 Å². The maximum absolute atomic E-state index is 11.7. The quantitative estimate of drug-likeness (QED) is 0.944. The fourth-order valence-corrected chi connectivity index (χ4v) is 2.82. The molecule has 0 saturated carbocycles. The number of carbonyl (C=O) groups excluding carboxylic acids is 1. The van der Waals surface area contributed by atoms with Crippen LogP contribution in [0.15, 0.2) is 34.2 Å². The molecule has 1 amide bonds. The Morgan fingerprint density at radius 2 is 2.24 bits per heavy atom. The fraction of sp³-hybridized carbons (Fsp3) is 0.167. The number of aryl methyl sites for hydroxylation is 1. The molecule has 2 rings (SSSR count). The molecule has 0 fully saturated rings. The maximum atomic E-state index is 11.7. The monoisotopic (exact) mass is 310 g/mol. The highest BCUT2D eigenvalue weighted by atomic mass is 79.9. The third-order valence-electron chi connectivity index (χ3n) is 2.14. The van der Waals surface area contributed by atoms with E-state index in [-0.39, 0.29) is 5.91 Å². The number of pyridine rings is 1. The van der Waals surface area contributed by atoms with Crippen LogP contribution in [0.3, 0.4) is 0 Å². The molecule has 0 unspecified atom stereocenters. The van der Waals surface area contributed by atoms with Crippen molar-refractivity contribution in [3.8, 4) is 0 Å². The molecule has 1 N–H and O–H groups in total. The van der Waals surface area contributed by atoms with Crippen molar-refractivity contribution in [2.24, 2.45) is 0 Å². The summed E-state index contributed by atoms with van der Waals surface area (Å²) in [5.74, 6) is 0.548. The molecule has 0 spiro atoms. The molecule has 0 bridgehead atoms. The molecule has 3 nitrogen and oxygen atoms in total. The third kappa shape index (κ3) is 3.64. The normalized spacial score (nSPS) is 10.2. The lowest BCUT2D eigenvalue weighted by atomic mass is 10.3. The first-order valence-electron chi connectivity index (χ1n) is 5.10. The van der Waals surface area contributed by atoms with Crippen molar-refractivity contribution in [1.29, 1.82) is 0 Å². The largest absolute Gasteiger partial charge is 0.310 e. The van der Waals surface area contributed by atoms with Crippen LogP contribution in [0.5, 0.6) is 0 Å². The Morgan fingerprint density at radius 1 is 1.41 bits per heavy atom. The van der Waals surface area contributed by atoms with Crippen LogP contribution >= 0.6 is 27.3 Å². The smallest absolute Gasteiger partial charge is 0.230 e. The van der Waals surface area contributed by atoms with Crippen LogP contribution in [0, 0.1) is 6.92 Å². The summed E-state index contributed by atoms with van der Waals surface area (Å²) in [7, 11) is 0. The summed E-state index contributed by atoms with van der Waals surface area (Å²) in [4.78, 5) is 16.9. The molecular weight excluding hydrogens is 300 g/mol. The standard InChI is InChI=1S/C12H11BrN2OS/c1-8-2-5-11(14-7-8)15-12(16)6-9-3-4-10(13)17-9/h2-5,7H,6H2,1H3,(H,14,15,16). The minimum atomic E-state index is -0.0456. The van der Waals surface area contributed by atoms with Crippen molar-refractivity contribution in [2.75, 3.05) is 5.32 Å². The SMILES string of the molecule is Cc1ccc(NC(=O)Cc2ccc(Br)s2)nc1. The molecule has 2 aromatic heterocycles. The average molecular weight is 311 g/mol. The van der Waals surface area contributed by atoms with Crippen molar-refractivity contribution in [2.45, 2.75) is 13.3 Å². The zero-order chi connectivity index (χ0) is 12.3. The Balaban J connectivity index is 1.95. The minimum absolute atomic E-state index is 0.0456. The van der Waals surface area contributed by atoms with E-state index in [4.69, 9.17) is 0 Å². The van der Waals surface area contributed by atoms with E-state index >= 15 is 0 Å². The van der Waals surface area contributed by atoms with Gasteiger partial charge in [-0.1, -0.05) is 6.07 Å². The lowest BCUT2D eigenvalue weighted by Crippen LogP contribution is -2.14. The average Bonchev–Trinajstić information content (AvgIpc) is 2.67. The minimum Gasteiger partial charge on any atom is -0.310 e. The Kier molecular flexibility index (Phi) is 3.91. The van der Waals surface area contributed by atoms with Crippen LogP contribution < -0.4 is 5.32 Å². The molecule has 5 heteroatoms. The second-order valence-electron chi connectivity index (χ2n) is 3.65. The van der Waals surface area contributed by atoms with Gasteiger partial charge in [0.05, 0.1) is 10.2 Å². The Labute approximate surface area is 112 Å². The van der Waals surface area contributed by atoms with E-state index in [0.717, 1.165) is 14.2 Å². The summed E-state index contributed by atoms with van der Waals surface area (Å²) in [6.45, 7) is 1.96. The predicted octanol–water partition coefficient (Wildman–Crippen LogP) is 3.40. The summed E-state index contributed by atoms with van der Waals surface area (Å²) in [6, 6.07) is 7.61. The first kappa shape index (κ1) is 12.3. The van der Waals surface area contributed by atoms with E-state index < -0.39 is 0 Å². The fourth-order valence-electron chi connectivity index (χ4n) is 1.33. The van der Waals surface area contributed by atoms with Gasteiger partial charge in [0.15, 0.2) is 0 Å². The zero-order valence-corrected chi connectivity index (χ0v) is 11.6. The van der Waals surface area contributed by atoms with E-state index in [9.17, 15) is 4.79 Å². The molecule has 0 aromatic carbocycles. The van der Waals surface area contributed by atoms with Gasteiger partial charge in [0.2, 0.25) is 5.91 Å². The van der Waals surface area contributed by atoms with Gasteiger partial charge in [-0.15, -0.1) is 11.3 Å². The van der Waals surface area contributed by atoms with Gasteiger partial charge in [0.25, 0.3) is 0 Å². The number of anilines is 1. The van der Waals surface area contributed by atoms with Crippen LogP contribution in [-0.2, 0) is 11.2 Å². The first-order chi connectivity index (χ1) is 8.13. The first-order valence-corrected chi connectivity index (χ1v) is 6.71. The number of amides is 1. The van der Waals surface area contributed by atoms with Crippen LogP contribution in [0.2, 0.25) is 0 Å². The number of carbonyl (C=O) groups is 1. The predicted molar refractivity (Wildman–Crippen MR) is 73.3 cm³/mol. The van der Waals surface area contributed by atoms with Crippen LogP contribution in [0.25, 0.3) is 0 Å². The number of nitrogens with one attached hydrogen (secondary N) is 1. The summed E-state index contributed by atoms with van der Waals surface area (Å²) in [5.41, 5.74) is 1.07. The summed E-state index contributed by atoms with van der Waals surface area (Å²) >= 11 is 4.94. The van der Waals surface area contributed by atoms with E-state index in [1.54, 1.807) is 23.6 Å². The van der Waals surface area contributed by atoms with Crippen LogP contribution in [-0.4, -0.2) is 10.9 Å². The van der Waals surface area contributed by atoms with Gasteiger partial charge in [-0.2, -0.15) is 0 Å². The number of hydrogen-bond acceptors (Lipinski definition) is 3. The van der Waals surface area contributed by atoms with Gasteiger partial charge in [-0.05, 0) is 46.6 Å². The van der Waals surface area contributed by atoms with Gasteiger partial charge in [0, 0.05) is 11.1 Å². The molecule has 2 heterocycles. The summed E-state index contributed by atoms with van der Waals surface area (Å²) in [5, 5.41) is 2.77. The van der Waals surface area contributed by atoms with Gasteiger partial charge < -0.3 is 5.32 Å². The lowest BCUT2D eigenvalue weighted by Gasteiger charge is -2.03. The zero-order valence-electron chi connectivity index (χ0n) is 9.24. The van der Waals surface area contributed by atoms with Crippen molar-refractivity contribution in [3.05, 3.63) is 44.7 Å². The molecule has 0 saturated heterocycles. The van der Waals surface area contributed by atoms with E-state index in [1.165, 1.54) is 0 Å². The Morgan fingerprint density at radius 3 is 2.82 bits per heavy atom. The molecule has 0 radical (unpaired) electrons. The van der Waals surface area contributed by atoms with Gasteiger partial charge >= 0.3 is 0 Å². The number of nitrogens with zero attached hydrogens (tertiary/aromatic N) is 1. The molecule has 88 valence electrons. The van der Waals surface area contributed by atoms with E-state index in [1.807, 2.05) is 25.1 Å². The van der Waals surface area contributed by atoms with Crippen molar-refractivity contribution in [1.82, 2.24) is 4.98 Å². The number of hydrogen-bond donors (Lipinski definition) is 1. The lowest BCUT2D eigenvalue weighted by molar-refractivity contribution is -0.115. The number of rotatable bonds is 3. The van der Waals surface area contributed by atoms with Gasteiger partial charge in [0.1, 0.15) is 5.82 Å². The highest BCUT2D eigenvalue weighted by molar-refractivity contribution is 9.11. The van der Waals surface area contributed by atoms with Gasteiger partial charge in [-0.25, -0.2) is 4.98 Å². The highest BCUT2D eigenvalue weighted by Gasteiger charge is 2.06. The second kappa shape index (κ2) is 5.42. The topological polar surface area (TPSA) is 42.0 Å². The number of thiophene rings is 1. The highest BCUT2D eigenvalue weighted by Crippen LogP contribution is 2.22. The van der Waals surface area contributed by atoms with Crippen molar-refractivity contribution < 1.29 is 4.79 Å². The van der Waals surface area contributed by atoms with Crippen molar-refractivity contribution in [3.63, 3.8) is 0 Å². The maximum Gasteiger partial charge on any atom is 0.230 e. The van der Waals surface area contributed by atoms with E-state index in [2.05, 4.69) is 26.2 Å². The second-order valence-corrected chi connectivity index (χ2v) is 6.20. The summed E-state index contributed by atoms with van der Waals surface area (Å²) in [6.07, 6.45) is 2.11. The molecule has 2 aromatic rings. The molecule has 0 aliphatic heterocycles. The molecule has 0 aliphatic rings. The molecular formula is C12H11BrN2OS. The molecule has 17 heavy (non-hydrogen) atoms. The van der Waals surface area contributed by atoms with E-state index in [0.29, 0.717) is 12.2 Å². The summed E-state index contributed by atoms with van der Waals surface area (Å²) < 4.78 is 1.04. The van der Waals surface area contributed by atoms with Gasteiger partial charge in [-0.3, -0.25) is 4.79 Å². The molecule has 0 aliphatic carbocycles. The van der Waals surface area contributed by atoms with Crippen molar-refractivity contribution >= 4 is 39.0 Å². The number of aromatic nitrogens is 1. The Bertz CT molecular complexity index is 522. The Hall–Kier alpha value is -1.20. The van der Waals surface area contributed by atoms with Crippen LogP contribution in [0.4, 0.5) is 5.82 Å².